The number of aromatic nitrogens is 2. The number of hydrogen-bond donors (Lipinski definition) is 2. The minimum Gasteiger partial charge on any atom is -0.394 e. The molecule has 1 aromatic carbocycles. The number of nitrogens with one attached hydrogen (secondary N) is 1. The molecule has 2 aromatic rings. The molecule has 7 heteroatoms. The number of nitrogens with zero attached hydrogens (tertiary/aromatic N) is 3. The Morgan fingerprint density at radius 2 is 1.87 bits per heavy atom. The zero-order valence-electron chi connectivity index (χ0n) is 12.9. The summed E-state index contributed by atoms with van der Waals surface area (Å²) in [7, 11) is 0. The lowest BCUT2D eigenvalue weighted by Crippen LogP contribution is -2.40. The quantitative estimate of drug-likeness (QED) is 0.582. The fraction of sp³-hybridized carbons (Fsp3) is 0.375. The zero-order chi connectivity index (χ0) is 16.4. The van der Waals surface area contributed by atoms with Crippen LogP contribution in [0.2, 0.25) is 0 Å². The van der Waals surface area contributed by atoms with E-state index < -0.39 is 0 Å². The van der Waals surface area contributed by atoms with Crippen LogP contribution < -0.4 is 16.0 Å². The van der Waals surface area contributed by atoms with E-state index >= 15 is 0 Å². The number of nitrogens with two attached hydrogens (primary N) is 1. The summed E-state index contributed by atoms with van der Waals surface area (Å²) in [5.74, 6) is 1.36. The molecule has 122 valence electrons. The highest BCUT2D eigenvalue weighted by Crippen LogP contribution is 2.28. The van der Waals surface area contributed by atoms with Crippen molar-refractivity contribution in [2.45, 2.75) is 25.8 Å². The Labute approximate surface area is 148 Å². The summed E-state index contributed by atoms with van der Waals surface area (Å²) >= 11 is 2.15. The monoisotopic (exact) mass is 427 g/mol. The van der Waals surface area contributed by atoms with Crippen LogP contribution in [0.4, 0.5) is 21.6 Å². The molecule has 0 spiro atoms. The van der Waals surface area contributed by atoms with Crippen LogP contribution in [-0.2, 0) is 0 Å². The van der Waals surface area contributed by atoms with Crippen molar-refractivity contribution in [3.05, 3.63) is 39.6 Å². The summed E-state index contributed by atoms with van der Waals surface area (Å²) in [4.78, 5) is 11.0. The molecule has 1 fully saturated rings. The predicted molar refractivity (Wildman–Crippen MR) is 99.2 cm³/mol. The number of hydrogen-bond acceptors (Lipinski definition) is 5. The van der Waals surface area contributed by atoms with Gasteiger partial charge in [-0.3, -0.25) is 0 Å². The van der Waals surface area contributed by atoms with Gasteiger partial charge in [0.1, 0.15) is 21.0 Å². The molecule has 0 aliphatic carbocycles. The normalized spacial score (nSPS) is 15.7. The van der Waals surface area contributed by atoms with Gasteiger partial charge in [0.15, 0.2) is 5.82 Å². The summed E-state index contributed by atoms with van der Waals surface area (Å²) in [6, 6.07) is 6.87. The number of halogens is 2. The van der Waals surface area contributed by atoms with Crippen molar-refractivity contribution in [1.29, 1.82) is 0 Å². The molecule has 23 heavy (non-hydrogen) atoms. The first kappa shape index (κ1) is 16.2. The van der Waals surface area contributed by atoms with Gasteiger partial charge in [0.05, 0.1) is 0 Å². The van der Waals surface area contributed by atoms with Crippen molar-refractivity contribution >= 4 is 39.8 Å². The molecule has 0 bridgehead atoms. The molecule has 1 saturated heterocycles. The fourth-order valence-electron chi connectivity index (χ4n) is 2.79. The van der Waals surface area contributed by atoms with Gasteiger partial charge in [-0.15, -0.1) is 0 Å². The van der Waals surface area contributed by atoms with Crippen LogP contribution in [-0.4, -0.2) is 29.1 Å². The minimum atomic E-state index is -0.213. The highest BCUT2D eigenvalue weighted by Gasteiger charge is 2.22. The van der Waals surface area contributed by atoms with Gasteiger partial charge in [-0.2, -0.15) is 0 Å². The van der Waals surface area contributed by atoms with Gasteiger partial charge in [-0.1, -0.05) is 0 Å². The molecule has 0 amide bonds. The van der Waals surface area contributed by atoms with Crippen LogP contribution in [0.5, 0.6) is 0 Å². The van der Waals surface area contributed by atoms with E-state index in [4.69, 9.17) is 5.73 Å². The topological polar surface area (TPSA) is 67.1 Å². The molecule has 1 aliphatic heterocycles. The van der Waals surface area contributed by atoms with Crippen molar-refractivity contribution in [3.63, 3.8) is 0 Å². The van der Waals surface area contributed by atoms with Gasteiger partial charge >= 0.3 is 0 Å². The number of benzene rings is 1. The first-order chi connectivity index (χ1) is 11.0. The Kier molecular flexibility index (Phi) is 4.84. The third-order valence-corrected chi connectivity index (χ3v) is 4.82. The first-order valence-corrected chi connectivity index (χ1v) is 8.67. The molecule has 0 saturated carbocycles. The van der Waals surface area contributed by atoms with E-state index in [1.807, 2.05) is 6.92 Å². The second kappa shape index (κ2) is 6.86. The Hall–Kier alpha value is -1.64. The second-order valence-corrected chi connectivity index (χ2v) is 6.73. The number of anilines is 3. The van der Waals surface area contributed by atoms with E-state index in [-0.39, 0.29) is 5.82 Å². The molecular formula is C16H19FIN5. The highest BCUT2D eigenvalue weighted by atomic mass is 127. The zero-order valence-corrected chi connectivity index (χ0v) is 15.0. The average Bonchev–Trinajstić information content (AvgIpc) is 2.54. The lowest BCUT2D eigenvalue weighted by molar-refractivity contribution is 0.523. The Morgan fingerprint density at radius 1 is 1.22 bits per heavy atom. The van der Waals surface area contributed by atoms with Crippen LogP contribution in [0, 0.1) is 16.4 Å². The standard InChI is InChI=1S/C16H19FIN5/c1-10-20-15(18)14(19)16(21-10)23-8-6-13(7-9-23)22-12-4-2-11(17)3-5-12/h2-5,13,22H,6-9,19H2,1H3. The van der Waals surface area contributed by atoms with E-state index in [1.165, 1.54) is 12.1 Å². The Morgan fingerprint density at radius 3 is 2.52 bits per heavy atom. The third kappa shape index (κ3) is 3.82. The van der Waals surface area contributed by atoms with Crippen molar-refractivity contribution in [1.82, 2.24) is 9.97 Å². The summed E-state index contributed by atoms with van der Waals surface area (Å²) in [5, 5.41) is 3.46. The van der Waals surface area contributed by atoms with Gasteiger partial charge in [-0.25, -0.2) is 14.4 Å². The minimum absolute atomic E-state index is 0.213. The Balaban J connectivity index is 1.63. The lowest BCUT2D eigenvalue weighted by atomic mass is 10.0. The van der Waals surface area contributed by atoms with Gasteiger partial charge in [0, 0.05) is 24.8 Å². The van der Waals surface area contributed by atoms with Crippen LogP contribution in [0.1, 0.15) is 18.7 Å². The third-order valence-electron chi connectivity index (χ3n) is 4.00. The van der Waals surface area contributed by atoms with Gasteiger partial charge < -0.3 is 16.0 Å². The van der Waals surface area contributed by atoms with Crippen molar-refractivity contribution in [3.8, 4) is 0 Å². The molecule has 0 atom stereocenters. The fourth-order valence-corrected chi connectivity index (χ4v) is 3.38. The van der Waals surface area contributed by atoms with Gasteiger partial charge in [0.25, 0.3) is 0 Å². The number of rotatable bonds is 3. The maximum absolute atomic E-state index is 12.9. The smallest absolute Gasteiger partial charge is 0.156 e. The molecule has 1 aliphatic rings. The second-order valence-electron chi connectivity index (χ2n) is 5.71. The van der Waals surface area contributed by atoms with Gasteiger partial charge in [-0.05, 0) is 66.6 Å². The molecule has 3 rings (SSSR count). The lowest BCUT2D eigenvalue weighted by Gasteiger charge is -2.34. The van der Waals surface area contributed by atoms with E-state index in [1.54, 1.807) is 12.1 Å². The molecule has 5 nitrogen and oxygen atoms in total. The van der Waals surface area contributed by atoms with Crippen LogP contribution in [0.3, 0.4) is 0 Å². The average molecular weight is 427 g/mol. The summed E-state index contributed by atoms with van der Waals surface area (Å²) < 4.78 is 13.8. The van der Waals surface area contributed by atoms with Crippen molar-refractivity contribution in [2.75, 3.05) is 29.0 Å². The maximum Gasteiger partial charge on any atom is 0.156 e. The summed E-state index contributed by atoms with van der Waals surface area (Å²) in [6.45, 7) is 3.65. The number of aryl methyl sites for hydroxylation is 1. The number of piperidine rings is 1. The van der Waals surface area contributed by atoms with Crippen molar-refractivity contribution in [2.24, 2.45) is 0 Å². The SMILES string of the molecule is Cc1nc(I)c(N)c(N2CCC(Nc3ccc(F)cc3)CC2)n1. The largest absolute Gasteiger partial charge is 0.394 e. The highest BCUT2D eigenvalue weighted by molar-refractivity contribution is 14.1. The molecule has 0 radical (unpaired) electrons. The summed E-state index contributed by atoms with van der Waals surface area (Å²) in [6.07, 6.45) is 1.97. The van der Waals surface area contributed by atoms with E-state index in [0.717, 1.165) is 47.0 Å². The van der Waals surface area contributed by atoms with Gasteiger partial charge in [0.2, 0.25) is 0 Å². The number of nitrogen functional groups attached to an aromatic ring is 1. The van der Waals surface area contributed by atoms with Crippen LogP contribution >= 0.6 is 22.6 Å². The maximum atomic E-state index is 12.9. The molecular weight excluding hydrogens is 408 g/mol. The first-order valence-electron chi connectivity index (χ1n) is 7.59. The molecule has 1 aromatic heterocycles. The van der Waals surface area contributed by atoms with Crippen LogP contribution in [0.25, 0.3) is 0 Å². The van der Waals surface area contributed by atoms with Crippen LogP contribution in [0.15, 0.2) is 24.3 Å². The molecule has 0 unspecified atom stereocenters. The van der Waals surface area contributed by atoms with Crippen molar-refractivity contribution < 1.29 is 4.39 Å². The molecule has 2 heterocycles. The Bertz CT molecular complexity index is 684. The van der Waals surface area contributed by atoms with E-state index in [9.17, 15) is 4.39 Å². The van der Waals surface area contributed by atoms with E-state index in [2.05, 4.69) is 42.8 Å². The van der Waals surface area contributed by atoms with E-state index in [0.29, 0.717) is 11.7 Å². The predicted octanol–water partition coefficient (Wildman–Crippen LogP) is 3.19. The summed E-state index contributed by atoms with van der Waals surface area (Å²) in [5.41, 5.74) is 7.74. The molecule has 3 N–H and O–H groups in total.